The number of hydrogen-bond donors (Lipinski definition) is 2. The van der Waals surface area contributed by atoms with E-state index < -0.39 is 22.6 Å². The van der Waals surface area contributed by atoms with E-state index in [2.05, 4.69) is 16.5 Å². The third kappa shape index (κ3) is 6.51. The van der Waals surface area contributed by atoms with Gasteiger partial charge in [0.25, 0.3) is 11.4 Å². The summed E-state index contributed by atoms with van der Waals surface area (Å²) in [6.45, 7) is 7.74. The lowest BCUT2D eigenvalue weighted by atomic mass is 10.1. The van der Waals surface area contributed by atoms with Crippen molar-refractivity contribution in [3.8, 4) is 22.8 Å². The molecule has 0 aliphatic rings. The van der Waals surface area contributed by atoms with E-state index in [9.17, 15) is 30.4 Å². The van der Waals surface area contributed by atoms with Crippen molar-refractivity contribution in [3.05, 3.63) is 127 Å². The standard InChI is InChI=1S/C17H16ClN3O4.C17H14ClN3O2/c1-10-4-2-7-14-15(10)19-17(20(14)8-11(23)9-22)12-5-3-6-13(18)16(12)21(24)25;1-3-10-20-14-9-4-6-11(2)15(14)19-17(20)12-7-5-8-13(18)16(12)21(22)23/h2-7,11,22-23H,8-9H2,1H3;3-9H,1,10H2,2H3. The van der Waals surface area contributed by atoms with Gasteiger partial charge >= 0.3 is 0 Å². The number of halogens is 2. The molecule has 0 aliphatic heterocycles. The zero-order valence-electron chi connectivity index (χ0n) is 25.9. The lowest BCUT2D eigenvalue weighted by Crippen LogP contribution is -2.20. The van der Waals surface area contributed by atoms with Crippen molar-refractivity contribution < 1.29 is 20.1 Å². The number of nitro groups is 2. The fraction of sp³-hybridized carbons (Fsp3) is 0.176. The molecule has 48 heavy (non-hydrogen) atoms. The summed E-state index contributed by atoms with van der Waals surface area (Å²) in [6, 6.07) is 20.9. The van der Waals surface area contributed by atoms with E-state index in [1.165, 1.54) is 12.1 Å². The molecule has 2 heterocycles. The van der Waals surface area contributed by atoms with Crippen molar-refractivity contribution >= 4 is 56.6 Å². The van der Waals surface area contributed by atoms with Gasteiger partial charge in [0.15, 0.2) is 0 Å². The molecular weight excluding hydrogens is 659 g/mol. The molecule has 0 saturated heterocycles. The number of hydrogen-bond acceptors (Lipinski definition) is 8. The van der Waals surface area contributed by atoms with Crippen molar-refractivity contribution in [1.82, 2.24) is 19.1 Å². The summed E-state index contributed by atoms with van der Waals surface area (Å²) in [7, 11) is 0. The molecule has 2 aromatic heterocycles. The quantitative estimate of drug-likeness (QED) is 0.0887. The minimum Gasteiger partial charge on any atom is -0.394 e. The van der Waals surface area contributed by atoms with Crippen molar-refractivity contribution in [3.63, 3.8) is 0 Å². The van der Waals surface area contributed by atoms with Gasteiger partial charge in [-0.3, -0.25) is 20.2 Å². The summed E-state index contributed by atoms with van der Waals surface area (Å²) >= 11 is 12.1. The first-order chi connectivity index (χ1) is 23.0. The van der Waals surface area contributed by atoms with Crippen molar-refractivity contribution in [2.24, 2.45) is 0 Å². The molecule has 6 aromatic rings. The highest BCUT2D eigenvalue weighted by atomic mass is 35.5. The fourth-order valence-electron chi connectivity index (χ4n) is 5.52. The Morgan fingerprint density at radius 3 is 1.67 bits per heavy atom. The number of aliphatic hydroxyl groups is 2. The number of para-hydroxylation sites is 4. The molecular formula is C34H30Cl2N6O6. The molecule has 0 spiro atoms. The summed E-state index contributed by atoms with van der Waals surface area (Å²) in [5.74, 6) is 0.842. The molecule has 2 N–H and O–H groups in total. The summed E-state index contributed by atoms with van der Waals surface area (Å²) in [6.07, 6.45) is 0.721. The van der Waals surface area contributed by atoms with Crippen LogP contribution in [0.5, 0.6) is 0 Å². The number of fused-ring (bicyclic) bond motifs is 2. The molecule has 4 aromatic carbocycles. The van der Waals surface area contributed by atoms with Crippen LogP contribution in [0.4, 0.5) is 11.4 Å². The number of benzene rings is 4. The summed E-state index contributed by atoms with van der Waals surface area (Å²) in [4.78, 5) is 31.1. The number of rotatable bonds is 9. The maximum Gasteiger partial charge on any atom is 0.298 e. The monoisotopic (exact) mass is 688 g/mol. The summed E-state index contributed by atoms with van der Waals surface area (Å²) < 4.78 is 3.58. The topological polar surface area (TPSA) is 162 Å². The van der Waals surface area contributed by atoms with Crippen LogP contribution in [-0.4, -0.2) is 51.9 Å². The summed E-state index contributed by atoms with van der Waals surface area (Å²) in [5.41, 5.74) is 5.33. The maximum absolute atomic E-state index is 11.5. The van der Waals surface area contributed by atoms with E-state index in [4.69, 9.17) is 23.2 Å². The third-order valence-electron chi connectivity index (χ3n) is 7.70. The second kappa shape index (κ2) is 14.3. The van der Waals surface area contributed by atoms with Gasteiger partial charge < -0.3 is 19.3 Å². The van der Waals surface area contributed by atoms with Crippen LogP contribution in [0.1, 0.15) is 11.1 Å². The van der Waals surface area contributed by atoms with Gasteiger partial charge in [-0.15, -0.1) is 6.58 Å². The summed E-state index contributed by atoms with van der Waals surface area (Å²) in [5, 5.41) is 42.1. The van der Waals surface area contributed by atoms with E-state index in [1.54, 1.807) is 34.9 Å². The van der Waals surface area contributed by atoms with Crippen LogP contribution in [0.25, 0.3) is 44.8 Å². The molecule has 246 valence electrons. The fourth-order valence-corrected chi connectivity index (χ4v) is 6.00. The second-order valence-electron chi connectivity index (χ2n) is 10.9. The molecule has 0 radical (unpaired) electrons. The first-order valence-corrected chi connectivity index (χ1v) is 15.4. The first-order valence-electron chi connectivity index (χ1n) is 14.7. The SMILES string of the molecule is C=CCn1c(-c2cccc(Cl)c2[N+](=O)[O-])nc2c(C)cccc21.Cc1cccc2c1nc(-c1cccc(Cl)c1[N+](=O)[O-])n2CC(O)CO. The highest BCUT2D eigenvalue weighted by molar-refractivity contribution is 6.33. The molecule has 1 unspecified atom stereocenters. The molecule has 0 saturated carbocycles. The van der Waals surface area contributed by atoms with Gasteiger partial charge in [0.1, 0.15) is 21.7 Å². The maximum atomic E-state index is 11.5. The Morgan fingerprint density at radius 1 is 0.792 bits per heavy atom. The van der Waals surface area contributed by atoms with Gasteiger partial charge in [0.05, 0.1) is 62.3 Å². The number of aryl methyl sites for hydroxylation is 2. The Morgan fingerprint density at radius 2 is 1.23 bits per heavy atom. The van der Waals surface area contributed by atoms with Crippen LogP contribution in [0, 0.1) is 34.1 Å². The third-order valence-corrected chi connectivity index (χ3v) is 8.31. The van der Waals surface area contributed by atoms with Gasteiger partial charge in [0.2, 0.25) is 0 Å². The van der Waals surface area contributed by atoms with E-state index in [-0.39, 0.29) is 33.5 Å². The molecule has 0 aliphatic carbocycles. The average molecular weight is 690 g/mol. The van der Waals surface area contributed by atoms with Crippen LogP contribution in [0.2, 0.25) is 10.0 Å². The normalized spacial score (nSPS) is 11.7. The highest BCUT2D eigenvalue weighted by Crippen LogP contribution is 2.38. The number of allylic oxidation sites excluding steroid dienone is 1. The molecule has 6 rings (SSSR count). The van der Waals surface area contributed by atoms with Gasteiger partial charge in [-0.1, -0.05) is 65.7 Å². The number of imidazole rings is 2. The molecule has 12 nitrogen and oxygen atoms in total. The van der Waals surface area contributed by atoms with Crippen LogP contribution in [-0.2, 0) is 13.1 Å². The molecule has 14 heteroatoms. The van der Waals surface area contributed by atoms with E-state index in [1.807, 2.05) is 54.8 Å². The van der Waals surface area contributed by atoms with Gasteiger partial charge in [0, 0.05) is 6.54 Å². The zero-order valence-corrected chi connectivity index (χ0v) is 27.4. The lowest BCUT2D eigenvalue weighted by Gasteiger charge is -2.13. The Hall–Kier alpha value is -5.14. The van der Waals surface area contributed by atoms with E-state index >= 15 is 0 Å². The van der Waals surface area contributed by atoms with Crippen molar-refractivity contribution in [2.45, 2.75) is 33.0 Å². The Bertz CT molecular complexity index is 2190. The number of nitrogens with zero attached hydrogens (tertiary/aromatic N) is 6. The average Bonchev–Trinajstić information content (AvgIpc) is 3.61. The minimum absolute atomic E-state index is 0.0144. The van der Waals surface area contributed by atoms with Crippen LogP contribution in [0.3, 0.4) is 0 Å². The first kappa shape index (κ1) is 34.2. The Labute approximate surface area is 284 Å². The van der Waals surface area contributed by atoms with Gasteiger partial charge in [-0.2, -0.15) is 0 Å². The molecule has 0 amide bonds. The number of nitro benzene ring substituents is 2. The molecule has 0 fully saturated rings. The van der Waals surface area contributed by atoms with Crippen molar-refractivity contribution in [2.75, 3.05) is 6.61 Å². The smallest absolute Gasteiger partial charge is 0.298 e. The zero-order chi connectivity index (χ0) is 34.7. The molecule has 1 atom stereocenters. The van der Waals surface area contributed by atoms with E-state index in [0.717, 1.165) is 27.7 Å². The Kier molecular flexibility index (Phi) is 10.2. The highest BCUT2D eigenvalue weighted by Gasteiger charge is 2.26. The predicted molar refractivity (Wildman–Crippen MR) is 186 cm³/mol. The van der Waals surface area contributed by atoms with Crippen LogP contribution >= 0.6 is 23.2 Å². The number of aliphatic hydroxyl groups excluding tert-OH is 2. The van der Waals surface area contributed by atoms with Gasteiger partial charge in [-0.05, 0) is 61.4 Å². The Balaban J connectivity index is 0.000000188. The minimum atomic E-state index is -1.02. The molecule has 0 bridgehead atoms. The van der Waals surface area contributed by atoms with Gasteiger partial charge in [-0.25, -0.2) is 9.97 Å². The van der Waals surface area contributed by atoms with Crippen LogP contribution in [0.15, 0.2) is 85.5 Å². The second-order valence-corrected chi connectivity index (χ2v) is 11.7. The van der Waals surface area contributed by atoms with Crippen LogP contribution < -0.4 is 0 Å². The lowest BCUT2D eigenvalue weighted by molar-refractivity contribution is -0.384. The predicted octanol–water partition coefficient (Wildman–Crippen LogP) is 7.69. The van der Waals surface area contributed by atoms with E-state index in [0.29, 0.717) is 29.3 Å². The largest absolute Gasteiger partial charge is 0.394 e. The number of aromatic nitrogens is 4. The van der Waals surface area contributed by atoms with Crippen molar-refractivity contribution in [1.29, 1.82) is 0 Å².